The number of hydrogen-bond donors (Lipinski definition) is 2. The Hall–Kier alpha value is -1.76. The van der Waals surface area contributed by atoms with Crippen LogP contribution in [0.4, 0.5) is 0 Å². The molecule has 2 aromatic rings. The first-order chi connectivity index (χ1) is 11.5. The maximum absolute atomic E-state index is 12.2. The third-order valence-corrected chi connectivity index (χ3v) is 4.26. The average Bonchev–Trinajstić information content (AvgIpc) is 3.06. The predicted octanol–water partition coefficient (Wildman–Crippen LogP) is 2.88. The molecule has 130 valence electrons. The van der Waals surface area contributed by atoms with Gasteiger partial charge in [-0.25, -0.2) is 0 Å². The molecule has 2 heterocycles. The van der Waals surface area contributed by atoms with E-state index in [-0.39, 0.29) is 19.1 Å². The molecule has 6 heteroatoms. The van der Waals surface area contributed by atoms with Gasteiger partial charge >= 0.3 is 0 Å². The van der Waals surface area contributed by atoms with Gasteiger partial charge in [0.05, 0.1) is 34.5 Å². The Morgan fingerprint density at radius 2 is 2.12 bits per heavy atom. The van der Waals surface area contributed by atoms with Crippen LogP contribution in [-0.4, -0.2) is 41.9 Å². The van der Waals surface area contributed by atoms with Gasteiger partial charge in [-0.05, 0) is 36.4 Å². The van der Waals surface area contributed by atoms with E-state index < -0.39 is 6.10 Å². The number of thiophene rings is 1. The highest BCUT2D eigenvalue weighted by Gasteiger charge is 2.13. The first-order valence-corrected chi connectivity index (χ1v) is 8.91. The van der Waals surface area contributed by atoms with Crippen LogP contribution in [0.15, 0.2) is 29.6 Å². The number of carbonyl (C=O) groups excluding carboxylic acids is 1. The summed E-state index contributed by atoms with van der Waals surface area (Å²) < 4.78 is 5.36. The second-order valence-corrected chi connectivity index (χ2v) is 7.05. The quantitative estimate of drug-likeness (QED) is 0.769. The fourth-order valence-corrected chi connectivity index (χ4v) is 2.86. The van der Waals surface area contributed by atoms with Crippen molar-refractivity contribution in [1.29, 1.82) is 0 Å². The van der Waals surface area contributed by atoms with Crippen LogP contribution in [0.5, 0.6) is 0 Å². The molecular weight excluding hydrogens is 324 g/mol. The van der Waals surface area contributed by atoms with Gasteiger partial charge in [0.25, 0.3) is 5.91 Å². The Labute approximate surface area is 146 Å². The highest BCUT2D eigenvalue weighted by molar-refractivity contribution is 7.13. The lowest BCUT2D eigenvalue weighted by Crippen LogP contribution is -2.35. The van der Waals surface area contributed by atoms with Crippen molar-refractivity contribution in [2.75, 3.05) is 19.8 Å². The van der Waals surface area contributed by atoms with Crippen molar-refractivity contribution >= 4 is 17.2 Å². The standard InChI is InChI=1S/C18H24N2O3S/c1-12(2)10-23-11-14(21)9-19-18(22)15-6-7-16(20-13(15)3)17-5-4-8-24-17/h4-8,12,14,21H,9-11H2,1-3H3,(H,19,22). The van der Waals surface area contributed by atoms with Gasteiger partial charge in [-0.2, -0.15) is 0 Å². The van der Waals surface area contributed by atoms with Crippen molar-refractivity contribution < 1.29 is 14.6 Å². The van der Waals surface area contributed by atoms with E-state index in [1.165, 1.54) is 0 Å². The van der Waals surface area contributed by atoms with Crippen LogP contribution in [0.3, 0.4) is 0 Å². The van der Waals surface area contributed by atoms with Gasteiger partial charge in [-0.1, -0.05) is 19.9 Å². The Balaban J connectivity index is 1.88. The number of ether oxygens (including phenoxy) is 1. The number of carbonyl (C=O) groups is 1. The lowest BCUT2D eigenvalue weighted by molar-refractivity contribution is 0.0259. The fraction of sp³-hybridized carbons (Fsp3) is 0.444. The van der Waals surface area contributed by atoms with Crippen LogP contribution in [0, 0.1) is 12.8 Å². The van der Waals surface area contributed by atoms with Crippen molar-refractivity contribution in [3.05, 3.63) is 40.9 Å². The van der Waals surface area contributed by atoms with Gasteiger partial charge in [-0.15, -0.1) is 11.3 Å². The largest absolute Gasteiger partial charge is 0.389 e. The molecule has 0 aliphatic heterocycles. The summed E-state index contributed by atoms with van der Waals surface area (Å²) in [5.41, 5.74) is 2.05. The minimum Gasteiger partial charge on any atom is -0.389 e. The second-order valence-electron chi connectivity index (χ2n) is 6.10. The first-order valence-electron chi connectivity index (χ1n) is 8.03. The minimum atomic E-state index is -0.716. The SMILES string of the molecule is Cc1nc(-c2cccs2)ccc1C(=O)NCC(O)COCC(C)C. The number of pyridine rings is 1. The molecule has 2 aromatic heterocycles. The van der Waals surface area contributed by atoms with Gasteiger partial charge in [0.2, 0.25) is 0 Å². The smallest absolute Gasteiger partial charge is 0.253 e. The summed E-state index contributed by atoms with van der Waals surface area (Å²) in [7, 11) is 0. The van der Waals surface area contributed by atoms with E-state index in [2.05, 4.69) is 10.3 Å². The maximum atomic E-state index is 12.2. The lowest BCUT2D eigenvalue weighted by atomic mass is 10.1. The molecule has 24 heavy (non-hydrogen) atoms. The third-order valence-electron chi connectivity index (χ3n) is 3.36. The molecule has 0 aliphatic rings. The summed E-state index contributed by atoms with van der Waals surface area (Å²) in [4.78, 5) is 17.8. The van der Waals surface area contributed by atoms with Crippen LogP contribution in [0.25, 0.3) is 10.6 Å². The van der Waals surface area contributed by atoms with Crippen LogP contribution in [-0.2, 0) is 4.74 Å². The zero-order valence-corrected chi connectivity index (χ0v) is 15.1. The summed E-state index contributed by atoms with van der Waals surface area (Å²) >= 11 is 1.61. The molecule has 2 rings (SSSR count). The summed E-state index contributed by atoms with van der Waals surface area (Å²) in [6.07, 6.45) is -0.716. The molecule has 1 unspecified atom stereocenters. The number of aryl methyl sites for hydroxylation is 1. The summed E-state index contributed by atoms with van der Waals surface area (Å²) in [6.45, 7) is 6.87. The van der Waals surface area contributed by atoms with E-state index >= 15 is 0 Å². The topological polar surface area (TPSA) is 71.5 Å². The number of hydrogen-bond acceptors (Lipinski definition) is 5. The zero-order valence-electron chi connectivity index (χ0n) is 14.3. The van der Waals surface area contributed by atoms with Gasteiger partial charge < -0.3 is 15.2 Å². The number of aliphatic hydroxyl groups excluding tert-OH is 1. The van der Waals surface area contributed by atoms with Gasteiger partial charge in [0.1, 0.15) is 0 Å². The molecular formula is C18H24N2O3S. The van der Waals surface area contributed by atoms with Crippen LogP contribution in [0.2, 0.25) is 0 Å². The maximum Gasteiger partial charge on any atom is 0.253 e. The molecule has 1 amide bonds. The van der Waals surface area contributed by atoms with Crippen molar-refractivity contribution in [1.82, 2.24) is 10.3 Å². The Morgan fingerprint density at radius 1 is 1.33 bits per heavy atom. The number of nitrogens with zero attached hydrogens (tertiary/aromatic N) is 1. The number of rotatable bonds is 8. The van der Waals surface area contributed by atoms with Crippen LogP contribution < -0.4 is 5.32 Å². The van der Waals surface area contributed by atoms with E-state index in [9.17, 15) is 9.90 Å². The molecule has 0 saturated heterocycles. The highest BCUT2D eigenvalue weighted by atomic mass is 32.1. The number of aromatic nitrogens is 1. The number of aliphatic hydroxyl groups is 1. The van der Waals surface area contributed by atoms with Crippen LogP contribution in [0.1, 0.15) is 29.9 Å². The third kappa shape index (κ3) is 5.40. The van der Waals surface area contributed by atoms with Crippen molar-refractivity contribution in [2.45, 2.75) is 26.9 Å². The van der Waals surface area contributed by atoms with E-state index in [0.29, 0.717) is 23.8 Å². The average molecular weight is 348 g/mol. The molecule has 0 radical (unpaired) electrons. The number of nitrogens with one attached hydrogen (secondary N) is 1. The minimum absolute atomic E-state index is 0.156. The summed E-state index contributed by atoms with van der Waals surface area (Å²) in [5.74, 6) is 0.183. The molecule has 0 saturated carbocycles. The Bertz CT molecular complexity index is 656. The van der Waals surface area contributed by atoms with E-state index in [0.717, 1.165) is 10.6 Å². The van der Waals surface area contributed by atoms with Crippen molar-refractivity contribution in [2.24, 2.45) is 5.92 Å². The highest BCUT2D eigenvalue weighted by Crippen LogP contribution is 2.23. The summed E-state index contributed by atoms with van der Waals surface area (Å²) in [5, 5.41) is 14.6. The summed E-state index contributed by atoms with van der Waals surface area (Å²) in [6, 6.07) is 7.59. The molecule has 0 aliphatic carbocycles. The van der Waals surface area contributed by atoms with E-state index in [1.807, 2.05) is 44.4 Å². The normalized spacial score (nSPS) is 12.4. The molecule has 0 fully saturated rings. The van der Waals surface area contributed by atoms with E-state index in [4.69, 9.17) is 4.74 Å². The Morgan fingerprint density at radius 3 is 2.75 bits per heavy atom. The predicted molar refractivity (Wildman–Crippen MR) is 96.3 cm³/mol. The molecule has 0 bridgehead atoms. The first kappa shape index (κ1) is 18.6. The number of amides is 1. The fourth-order valence-electron chi connectivity index (χ4n) is 2.17. The van der Waals surface area contributed by atoms with E-state index in [1.54, 1.807) is 17.4 Å². The zero-order chi connectivity index (χ0) is 17.5. The van der Waals surface area contributed by atoms with Gasteiger partial charge in [0, 0.05) is 13.2 Å². The van der Waals surface area contributed by atoms with Crippen LogP contribution >= 0.6 is 11.3 Å². The molecule has 0 spiro atoms. The molecule has 0 aromatic carbocycles. The lowest BCUT2D eigenvalue weighted by Gasteiger charge is -2.14. The molecule has 5 nitrogen and oxygen atoms in total. The Kier molecular flexibility index (Phi) is 6.90. The molecule has 2 N–H and O–H groups in total. The van der Waals surface area contributed by atoms with Crippen molar-refractivity contribution in [3.8, 4) is 10.6 Å². The monoisotopic (exact) mass is 348 g/mol. The van der Waals surface area contributed by atoms with Gasteiger partial charge in [-0.3, -0.25) is 9.78 Å². The van der Waals surface area contributed by atoms with Gasteiger partial charge in [0.15, 0.2) is 0 Å². The van der Waals surface area contributed by atoms with Crippen molar-refractivity contribution in [3.63, 3.8) is 0 Å². The second kappa shape index (κ2) is 8.92. The molecule has 1 atom stereocenters.